The average molecular weight is 217 g/mol. The van der Waals surface area contributed by atoms with E-state index < -0.39 is 0 Å². The van der Waals surface area contributed by atoms with Crippen LogP contribution < -0.4 is 0 Å². The van der Waals surface area contributed by atoms with Gasteiger partial charge in [-0.15, -0.1) is 0 Å². The molecule has 0 amide bonds. The van der Waals surface area contributed by atoms with Gasteiger partial charge in [0.15, 0.2) is 0 Å². The van der Waals surface area contributed by atoms with Crippen LogP contribution in [0.25, 0.3) is 0 Å². The van der Waals surface area contributed by atoms with Crippen LogP contribution >= 0.6 is 0 Å². The fourth-order valence-electron chi connectivity index (χ4n) is 1.49. The molecule has 0 heterocycles. The molecule has 0 aromatic heterocycles. The fourth-order valence-corrected chi connectivity index (χ4v) is 1.49. The minimum absolute atomic E-state index is 0.769. The minimum atomic E-state index is 0.769. The molecule has 0 aliphatic heterocycles. The molecule has 4 nitrogen and oxygen atoms in total. The summed E-state index contributed by atoms with van der Waals surface area (Å²) in [7, 11) is 8.08. The molecule has 15 heavy (non-hydrogen) atoms. The highest BCUT2D eigenvalue weighted by Crippen LogP contribution is 1.95. The molecule has 0 fully saturated rings. The van der Waals surface area contributed by atoms with Crippen molar-refractivity contribution in [1.82, 2.24) is 14.9 Å². The van der Waals surface area contributed by atoms with Gasteiger partial charge in [0.25, 0.3) is 0 Å². The number of hydroxylamine groups is 2. The lowest BCUT2D eigenvalue weighted by Gasteiger charge is -2.18. The van der Waals surface area contributed by atoms with Crippen LogP contribution in [0.2, 0.25) is 0 Å². The first-order chi connectivity index (χ1) is 7.02. The normalized spacial score (nSPS) is 12.0. The monoisotopic (exact) mass is 217 g/mol. The van der Waals surface area contributed by atoms with Gasteiger partial charge in [-0.3, -0.25) is 0 Å². The Bertz CT molecular complexity index is 140. The maximum Gasteiger partial charge on any atom is 0.0235 e. The zero-order valence-electron chi connectivity index (χ0n) is 10.7. The lowest BCUT2D eigenvalue weighted by atomic mass is 10.3. The highest BCUT2D eigenvalue weighted by molar-refractivity contribution is 4.54. The Kier molecular flexibility index (Phi) is 9.00. The summed E-state index contributed by atoms with van der Waals surface area (Å²) < 4.78 is 0. The molecular weight excluding hydrogens is 190 g/mol. The van der Waals surface area contributed by atoms with Gasteiger partial charge in [-0.05, 0) is 60.0 Å². The molecule has 0 aliphatic carbocycles. The van der Waals surface area contributed by atoms with Crippen molar-refractivity contribution in [3.05, 3.63) is 0 Å². The average Bonchev–Trinajstić information content (AvgIpc) is 2.11. The van der Waals surface area contributed by atoms with E-state index in [1.807, 2.05) is 0 Å². The number of hydrogen-bond donors (Lipinski definition) is 1. The van der Waals surface area contributed by atoms with Crippen molar-refractivity contribution in [2.45, 2.75) is 19.3 Å². The van der Waals surface area contributed by atoms with E-state index in [-0.39, 0.29) is 0 Å². The maximum atomic E-state index is 8.93. The second kappa shape index (κ2) is 9.09. The molecule has 0 atom stereocenters. The van der Waals surface area contributed by atoms with E-state index in [0.29, 0.717) is 0 Å². The summed E-state index contributed by atoms with van der Waals surface area (Å²) in [5, 5.41) is 10.2. The van der Waals surface area contributed by atoms with Crippen molar-refractivity contribution in [2.75, 3.05) is 54.4 Å². The van der Waals surface area contributed by atoms with E-state index in [4.69, 9.17) is 5.21 Å². The van der Waals surface area contributed by atoms with Gasteiger partial charge in [0, 0.05) is 13.6 Å². The van der Waals surface area contributed by atoms with Gasteiger partial charge < -0.3 is 15.0 Å². The van der Waals surface area contributed by atoms with Crippen LogP contribution in [0.1, 0.15) is 19.3 Å². The van der Waals surface area contributed by atoms with Gasteiger partial charge in [0.1, 0.15) is 0 Å². The molecule has 4 heteroatoms. The van der Waals surface area contributed by atoms with Crippen LogP contribution in [0.4, 0.5) is 0 Å². The number of rotatable bonds is 9. The van der Waals surface area contributed by atoms with Crippen LogP contribution in [-0.4, -0.2) is 74.4 Å². The molecule has 0 aliphatic rings. The quantitative estimate of drug-likeness (QED) is 0.460. The first-order valence-electron chi connectivity index (χ1n) is 5.75. The molecule has 1 N–H and O–H groups in total. The van der Waals surface area contributed by atoms with E-state index in [1.165, 1.54) is 11.5 Å². The molecular formula is C11H27N3O. The van der Waals surface area contributed by atoms with E-state index >= 15 is 0 Å². The Morgan fingerprint density at radius 2 is 1.27 bits per heavy atom. The van der Waals surface area contributed by atoms with E-state index in [1.54, 1.807) is 7.05 Å². The van der Waals surface area contributed by atoms with E-state index in [2.05, 4.69) is 30.9 Å². The number of nitrogens with zero attached hydrogens (tertiary/aromatic N) is 3. The third-order valence-corrected chi connectivity index (χ3v) is 2.42. The Morgan fingerprint density at radius 1 is 0.733 bits per heavy atom. The van der Waals surface area contributed by atoms with E-state index in [9.17, 15) is 0 Å². The summed E-state index contributed by atoms with van der Waals surface area (Å²) in [6, 6.07) is 0. The van der Waals surface area contributed by atoms with Crippen molar-refractivity contribution in [2.24, 2.45) is 0 Å². The molecule has 0 aromatic rings. The minimum Gasteiger partial charge on any atom is -0.314 e. The third kappa shape index (κ3) is 11.8. The molecule has 92 valence electrons. The highest BCUT2D eigenvalue weighted by Gasteiger charge is 1.99. The molecule has 0 rings (SSSR count). The predicted molar refractivity (Wildman–Crippen MR) is 64.3 cm³/mol. The van der Waals surface area contributed by atoms with Crippen LogP contribution in [0, 0.1) is 0 Å². The second-order valence-electron chi connectivity index (χ2n) is 4.55. The summed E-state index contributed by atoms with van der Waals surface area (Å²) in [4.78, 5) is 4.58. The van der Waals surface area contributed by atoms with Crippen LogP contribution in [-0.2, 0) is 0 Å². The topological polar surface area (TPSA) is 30.0 Å². The second-order valence-corrected chi connectivity index (χ2v) is 4.55. The maximum absolute atomic E-state index is 8.93. The Labute approximate surface area is 94.4 Å². The summed E-state index contributed by atoms with van der Waals surface area (Å²) in [6.07, 6.45) is 3.44. The molecule has 0 spiro atoms. The lowest BCUT2D eigenvalue weighted by molar-refractivity contribution is -0.0657. The SMILES string of the molecule is CN(C)CCCN(C)CCCCN(C)O. The van der Waals surface area contributed by atoms with Crippen molar-refractivity contribution < 1.29 is 5.21 Å². The number of hydrogen-bond acceptors (Lipinski definition) is 4. The number of unbranched alkanes of at least 4 members (excludes halogenated alkanes) is 1. The van der Waals surface area contributed by atoms with Crippen molar-refractivity contribution >= 4 is 0 Å². The molecule has 0 radical (unpaired) electrons. The van der Waals surface area contributed by atoms with Gasteiger partial charge in [0.05, 0.1) is 0 Å². The Morgan fingerprint density at radius 3 is 1.80 bits per heavy atom. The van der Waals surface area contributed by atoms with E-state index in [0.717, 1.165) is 39.0 Å². The zero-order chi connectivity index (χ0) is 11.7. The van der Waals surface area contributed by atoms with Crippen molar-refractivity contribution in [3.63, 3.8) is 0 Å². The first-order valence-corrected chi connectivity index (χ1v) is 5.75. The van der Waals surface area contributed by atoms with Gasteiger partial charge in [-0.1, -0.05) is 0 Å². The Hall–Kier alpha value is -0.160. The van der Waals surface area contributed by atoms with Crippen molar-refractivity contribution in [1.29, 1.82) is 0 Å². The summed E-state index contributed by atoms with van der Waals surface area (Å²) in [6.45, 7) is 4.21. The lowest BCUT2D eigenvalue weighted by Crippen LogP contribution is -2.25. The predicted octanol–water partition coefficient (Wildman–Crippen LogP) is 0.971. The van der Waals surface area contributed by atoms with Gasteiger partial charge in [-0.2, -0.15) is 5.06 Å². The van der Waals surface area contributed by atoms with Crippen LogP contribution in [0.5, 0.6) is 0 Å². The molecule has 0 saturated carbocycles. The fraction of sp³-hybridized carbons (Fsp3) is 1.00. The Balaban J connectivity index is 3.22. The largest absolute Gasteiger partial charge is 0.314 e. The van der Waals surface area contributed by atoms with Gasteiger partial charge >= 0.3 is 0 Å². The smallest absolute Gasteiger partial charge is 0.0235 e. The zero-order valence-corrected chi connectivity index (χ0v) is 10.7. The molecule has 0 unspecified atom stereocenters. The third-order valence-electron chi connectivity index (χ3n) is 2.42. The summed E-state index contributed by atoms with van der Waals surface area (Å²) in [5.74, 6) is 0. The van der Waals surface area contributed by atoms with Crippen molar-refractivity contribution in [3.8, 4) is 0 Å². The standard InChI is InChI=1S/C11H27N3O/c1-12(2)8-7-10-13(3)9-5-6-11-14(4)15/h15H,5-11H2,1-4H3. The first kappa shape index (κ1) is 14.8. The molecule has 0 saturated heterocycles. The summed E-state index contributed by atoms with van der Waals surface area (Å²) in [5.41, 5.74) is 0. The molecule has 0 aromatic carbocycles. The molecule has 0 bridgehead atoms. The van der Waals surface area contributed by atoms with Crippen LogP contribution in [0.15, 0.2) is 0 Å². The summed E-state index contributed by atoms with van der Waals surface area (Å²) >= 11 is 0. The van der Waals surface area contributed by atoms with Crippen LogP contribution in [0.3, 0.4) is 0 Å². The highest BCUT2D eigenvalue weighted by atomic mass is 16.5. The van der Waals surface area contributed by atoms with Gasteiger partial charge in [-0.25, -0.2) is 0 Å². The van der Waals surface area contributed by atoms with Gasteiger partial charge in [0.2, 0.25) is 0 Å².